The van der Waals surface area contributed by atoms with E-state index < -0.39 is 11.5 Å². The first-order chi connectivity index (χ1) is 7.30. The van der Waals surface area contributed by atoms with Crippen LogP contribution in [0.4, 0.5) is 0 Å². The maximum Gasteiger partial charge on any atom is 0.324 e. The maximum absolute atomic E-state index is 11.5. The summed E-state index contributed by atoms with van der Waals surface area (Å²) >= 11 is 0. The van der Waals surface area contributed by atoms with E-state index in [-0.39, 0.29) is 0 Å². The Labute approximate surface area is 98.8 Å². The summed E-state index contributed by atoms with van der Waals surface area (Å²) in [6, 6.07) is 0.321. The number of carbonyl (C=O) groups is 1. The van der Waals surface area contributed by atoms with Crippen LogP contribution >= 0.6 is 0 Å². The van der Waals surface area contributed by atoms with E-state index in [0.717, 1.165) is 19.3 Å². The van der Waals surface area contributed by atoms with Crippen molar-refractivity contribution in [2.45, 2.75) is 58.5 Å². The van der Waals surface area contributed by atoms with Gasteiger partial charge < -0.3 is 5.11 Å². The largest absolute Gasteiger partial charge is 0.480 e. The molecule has 3 heteroatoms. The van der Waals surface area contributed by atoms with Gasteiger partial charge in [-0.05, 0) is 52.0 Å². The third kappa shape index (κ3) is 2.57. The smallest absolute Gasteiger partial charge is 0.324 e. The lowest BCUT2D eigenvalue weighted by molar-refractivity contribution is -0.152. The lowest BCUT2D eigenvalue weighted by Gasteiger charge is -2.40. The molecule has 0 aromatic rings. The molecular weight excluding hydrogens is 202 g/mol. The Balaban J connectivity index is 2.74. The predicted molar refractivity (Wildman–Crippen MR) is 65.4 cm³/mol. The molecule has 0 saturated heterocycles. The van der Waals surface area contributed by atoms with Crippen molar-refractivity contribution in [2.24, 2.45) is 11.8 Å². The van der Waals surface area contributed by atoms with Crippen molar-refractivity contribution in [3.05, 3.63) is 0 Å². The van der Waals surface area contributed by atoms with Crippen LogP contribution in [0.5, 0.6) is 0 Å². The van der Waals surface area contributed by atoms with Gasteiger partial charge >= 0.3 is 5.97 Å². The summed E-state index contributed by atoms with van der Waals surface area (Å²) in [5, 5.41) is 9.45. The molecule has 1 saturated carbocycles. The van der Waals surface area contributed by atoms with Crippen molar-refractivity contribution in [1.82, 2.24) is 4.90 Å². The summed E-state index contributed by atoms with van der Waals surface area (Å²) < 4.78 is 0. The second-order valence-electron chi connectivity index (χ2n) is 5.82. The zero-order valence-corrected chi connectivity index (χ0v) is 11.2. The predicted octanol–water partition coefficient (Wildman–Crippen LogP) is 2.61. The number of carboxylic acid groups (broad SMARTS) is 1. The number of hydrogen-bond donors (Lipinski definition) is 1. The van der Waals surface area contributed by atoms with E-state index in [1.807, 2.05) is 14.0 Å². The Morgan fingerprint density at radius 2 is 1.94 bits per heavy atom. The number of aliphatic carboxylic acids is 1. The molecule has 1 N–H and O–H groups in total. The quantitative estimate of drug-likeness (QED) is 0.758. The first kappa shape index (κ1) is 13.5. The van der Waals surface area contributed by atoms with Crippen LogP contribution in [0.2, 0.25) is 0 Å². The Bertz CT molecular complexity index is 261. The summed E-state index contributed by atoms with van der Waals surface area (Å²) in [6.07, 6.45) is 3.16. The molecule has 0 aliphatic heterocycles. The van der Waals surface area contributed by atoms with E-state index in [1.54, 1.807) is 0 Å². The zero-order chi connectivity index (χ0) is 12.5. The van der Waals surface area contributed by atoms with Crippen molar-refractivity contribution < 1.29 is 9.90 Å². The molecule has 1 aliphatic carbocycles. The molecule has 1 aliphatic rings. The third-order valence-corrected chi connectivity index (χ3v) is 4.01. The van der Waals surface area contributed by atoms with Gasteiger partial charge in [-0.15, -0.1) is 0 Å². The highest BCUT2D eigenvalue weighted by Crippen LogP contribution is 2.43. The molecule has 0 radical (unpaired) electrons. The zero-order valence-electron chi connectivity index (χ0n) is 11.2. The standard InChI is InChI=1S/C13H25NO2/c1-9(2)8-10(3)14(5)13(4,12(15)16)11-6-7-11/h9-11H,6-8H2,1-5H3,(H,15,16). The molecule has 1 rings (SSSR count). The molecule has 0 amide bonds. The molecule has 2 atom stereocenters. The maximum atomic E-state index is 11.5. The Morgan fingerprint density at radius 3 is 2.25 bits per heavy atom. The van der Waals surface area contributed by atoms with Crippen LogP contribution in [0.25, 0.3) is 0 Å². The lowest BCUT2D eigenvalue weighted by atomic mass is 9.90. The van der Waals surface area contributed by atoms with E-state index >= 15 is 0 Å². The van der Waals surface area contributed by atoms with Gasteiger partial charge in [0.25, 0.3) is 0 Å². The molecule has 1 fully saturated rings. The van der Waals surface area contributed by atoms with Crippen molar-refractivity contribution in [3.8, 4) is 0 Å². The SMILES string of the molecule is CC(C)CC(C)N(C)C(C)(C(=O)O)C1CC1. The molecule has 2 unspecified atom stereocenters. The number of nitrogens with zero attached hydrogens (tertiary/aromatic N) is 1. The number of rotatable bonds is 6. The molecular formula is C13H25NO2. The molecule has 94 valence electrons. The topological polar surface area (TPSA) is 40.5 Å². The van der Waals surface area contributed by atoms with Crippen LogP contribution in [0.15, 0.2) is 0 Å². The van der Waals surface area contributed by atoms with Gasteiger partial charge in [-0.25, -0.2) is 0 Å². The first-order valence-electron chi connectivity index (χ1n) is 6.26. The first-order valence-corrected chi connectivity index (χ1v) is 6.26. The summed E-state index contributed by atoms with van der Waals surface area (Å²) in [5.74, 6) is 0.271. The summed E-state index contributed by atoms with van der Waals surface area (Å²) in [6.45, 7) is 8.37. The van der Waals surface area contributed by atoms with Crippen molar-refractivity contribution in [3.63, 3.8) is 0 Å². The Hall–Kier alpha value is -0.570. The molecule has 0 aromatic carbocycles. The van der Waals surface area contributed by atoms with Gasteiger partial charge in [-0.2, -0.15) is 0 Å². The monoisotopic (exact) mass is 227 g/mol. The highest BCUT2D eigenvalue weighted by molar-refractivity contribution is 5.79. The average Bonchev–Trinajstić information content (AvgIpc) is 2.97. The fourth-order valence-electron chi connectivity index (χ4n) is 2.56. The summed E-state index contributed by atoms with van der Waals surface area (Å²) in [5.41, 5.74) is -0.672. The van der Waals surface area contributed by atoms with Crippen LogP contribution in [0, 0.1) is 11.8 Å². The van der Waals surface area contributed by atoms with E-state index in [1.165, 1.54) is 0 Å². The van der Waals surface area contributed by atoms with Gasteiger partial charge in [0.1, 0.15) is 5.54 Å². The number of hydrogen-bond acceptors (Lipinski definition) is 2. The van der Waals surface area contributed by atoms with Crippen molar-refractivity contribution in [2.75, 3.05) is 7.05 Å². The summed E-state index contributed by atoms with van der Waals surface area (Å²) in [4.78, 5) is 13.6. The number of carboxylic acids is 1. The van der Waals surface area contributed by atoms with Crippen molar-refractivity contribution in [1.29, 1.82) is 0 Å². The molecule has 3 nitrogen and oxygen atoms in total. The molecule has 0 heterocycles. The van der Waals surface area contributed by atoms with Gasteiger partial charge in [0.05, 0.1) is 0 Å². The van der Waals surface area contributed by atoms with Crippen LogP contribution in [-0.2, 0) is 4.79 Å². The van der Waals surface area contributed by atoms with Crippen LogP contribution in [0.3, 0.4) is 0 Å². The van der Waals surface area contributed by atoms with Gasteiger partial charge in [0.2, 0.25) is 0 Å². The van der Waals surface area contributed by atoms with Crippen LogP contribution in [-0.4, -0.2) is 34.6 Å². The van der Waals surface area contributed by atoms with E-state index in [9.17, 15) is 9.90 Å². The van der Waals surface area contributed by atoms with Crippen LogP contribution in [0.1, 0.15) is 47.0 Å². The fraction of sp³-hybridized carbons (Fsp3) is 0.923. The summed E-state index contributed by atoms with van der Waals surface area (Å²) in [7, 11) is 1.96. The average molecular weight is 227 g/mol. The highest BCUT2D eigenvalue weighted by atomic mass is 16.4. The van der Waals surface area contributed by atoms with E-state index in [4.69, 9.17) is 0 Å². The van der Waals surface area contributed by atoms with Crippen molar-refractivity contribution >= 4 is 5.97 Å². The lowest BCUT2D eigenvalue weighted by Crippen LogP contribution is -2.55. The second kappa shape index (κ2) is 4.74. The minimum Gasteiger partial charge on any atom is -0.480 e. The molecule has 0 bridgehead atoms. The van der Waals surface area contributed by atoms with E-state index in [0.29, 0.717) is 17.9 Å². The molecule has 16 heavy (non-hydrogen) atoms. The van der Waals surface area contributed by atoms with Gasteiger partial charge in [-0.1, -0.05) is 13.8 Å². The fourth-order valence-corrected chi connectivity index (χ4v) is 2.56. The Kier molecular flexibility index (Phi) is 4.00. The van der Waals surface area contributed by atoms with Gasteiger partial charge in [0.15, 0.2) is 0 Å². The van der Waals surface area contributed by atoms with Gasteiger partial charge in [0, 0.05) is 6.04 Å². The third-order valence-electron chi connectivity index (χ3n) is 4.01. The molecule has 0 aromatic heterocycles. The normalized spacial score (nSPS) is 22.2. The van der Waals surface area contributed by atoms with Crippen LogP contribution < -0.4 is 0 Å². The Morgan fingerprint density at radius 1 is 1.44 bits per heavy atom. The molecule has 0 spiro atoms. The van der Waals surface area contributed by atoms with Gasteiger partial charge in [-0.3, -0.25) is 9.69 Å². The highest BCUT2D eigenvalue weighted by Gasteiger charge is 2.51. The van der Waals surface area contributed by atoms with E-state index in [2.05, 4.69) is 25.7 Å². The number of likely N-dealkylation sites (N-methyl/N-ethyl adjacent to an activating group) is 1. The minimum atomic E-state index is -0.673. The second-order valence-corrected chi connectivity index (χ2v) is 5.82. The minimum absolute atomic E-state index is 0.321.